The number of nitrogens with zero attached hydrogens (tertiary/aromatic N) is 2. The van der Waals surface area contributed by atoms with E-state index in [4.69, 9.17) is 0 Å². The van der Waals surface area contributed by atoms with Crippen molar-refractivity contribution in [2.45, 2.75) is 188 Å². The molecule has 2 aliphatic carbocycles. The zero-order valence-corrected chi connectivity index (χ0v) is 41.8. The second kappa shape index (κ2) is 13.4. The topological polar surface area (TPSA) is 6.48 Å². The van der Waals surface area contributed by atoms with Crippen LogP contribution in [0.2, 0.25) is 0 Å². The summed E-state index contributed by atoms with van der Waals surface area (Å²) in [6.07, 6.45) is 4.78. The lowest BCUT2D eigenvalue weighted by atomic mass is 9.33. The van der Waals surface area contributed by atoms with Gasteiger partial charge in [0.1, 0.15) is 0 Å². The lowest BCUT2D eigenvalue weighted by molar-refractivity contribution is 0.332. The third-order valence-electron chi connectivity index (χ3n) is 16.1. The van der Waals surface area contributed by atoms with Crippen LogP contribution in [0.15, 0.2) is 78.9 Å². The van der Waals surface area contributed by atoms with Crippen molar-refractivity contribution < 1.29 is 0 Å². The fourth-order valence-corrected chi connectivity index (χ4v) is 11.5. The van der Waals surface area contributed by atoms with Crippen molar-refractivity contribution in [3.63, 3.8) is 0 Å². The monoisotopic (exact) mass is 823 g/mol. The molecule has 0 saturated carbocycles. The summed E-state index contributed by atoms with van der Waals surface area (Å²) in [6, 6.07) is 32.9. The molecule has 324 valence electrons. The number of hydrogen-bond donors (Lipinski definition) is 0. The van der Waals surface area contributed by atoms with Crippen LogP contribution in [0.5, 0.6) is 0 Å². The van der Waals surface area contributed by atoms with Gasteiger partial charge in [-0.05, 0) is 180 Å². The minimum atomic E-state index is -0.0104. The van der Waals surface area contributed by atoms with Gasteiger partial charge in [0.05, 0.1) is 0 Å². The van der Waals surface area contributed by atoms with Crippen LogP contribution in [0.1, 0.15) is 188 Å². The summed E-state index contributed by atoms with van der Waals surface area (Å²) in [6.45, 7) is 43.5. The highest BCUT2D eigenvalue weighted by atomic mass is 15.2. The molecule has 3 heteroatoms. The number of aryl methyl sites for hydroxylation is 1. The van der Waals surface area contributed by atoms with E-state index in [1.165, 1.54) is 121 Å². The van der Waals surface area contributed by atoms with Crippen molar-refractivity contribution in [2.24, 2.45) is 0 Å². The highest BCUT2D eigenvalue weighted by Gasteiger charge is 2.47. The molecule has 0 fully saturated rings. The maximum absolute atomic E-state index is 2.70. The van der Waals surface area contributed by atoms with E-state index in [1.54, 1.807) is 0 Å². The molecule has 5 aromatic rings. The minimum absolute atomic E-state index is 0.00307. The van der Waals surface area contributed by atoms with Crippen molar-refractivity contribution in [2.75, 3.05) is 9.80 Å². The number of hydrogen-bond acceptors (Lipinski definition) is 2. The van der Waals surface area contributed by atoms with Gasteiger partial charge in [0.15, 0.2) is 0 Å². The molecule has 0 atom stereocenters. The van der Waals surface area contributed by atoms with E-state index in [0.29, 0.717) is 0 Å². The van der Waals surface area contributed by atoms with Crippen LogP contribution in [0.4, 0.5) is 34.1 Å². The molecule has 2 nitrogen and oxygen atoms in total. The lowest BCUT2D eigenvalue weighted by Gasteiger charge is -2.48. The van der Waals surface area contributed by atoms with E-state index in [2.05, 4.69) is 213 Å². The fraction of sp³-hybridized carbons (Fsp3) is 0.492. The average molecular weight is 823 g/mol. The van der Waals surface area contributed by atoms with E-state index in [9.17, 15) is 0 Å². The highest BCUT2D eigenvalue weighted by Crippen LogP contribution is 2.53. The SMILES string of the molecule is Cc1cc2c3c(c1)N(c1ccc4c(c1)C(C)(C)CCC4(C)C)c1cc4c(cc1B3c1cc(C(C)(C)C)ccc1N2c1cc(C(C)(C)C)cc(C(C)(C)C)c1)C(C)(C)CCC4(C)C. The van der Waals surface area contributed by atoms with Gasteiger partial charge in [-0.25, -0.2) is 0 Å². The Hall–Kier alpha value is -4.24. The molecule has 0 radical (unpaired) electrons. The van der Waals surface area contributed by atoms with Crippen molar-refractivity contribution in [3.05, 3.63) is 123 Å². The normalized spacial score (nSPS) is 19.3. The standard InChI is InChI=1S/C59H75BN2/c1-36-27-50-52-51(28-36)62(41-30-38(54(5,6)7)29-39(31-41)55(8,9)10)48-22-19-37(53(2,3)4)32-46(48)60(52)47-34-44-45(59(17,18)26-25-58(44,15)16)35-49(47)61(50)40-20-21-42-43(33-40)57(13,14)24-23-56(42,11)12/h19-22,27-35H,23-26H2,1-18H3. The molecular weight excluding hydrogens is 747 g/mol. The Labute approximate surface area is 377 Å². The Morgan fingerprint density at radius 3 is 1.37 bits per heavy atom. The van der Waals surface area contributed by atoms with Gasteiger partial charge in [-0.15, -0.1) is 0 Å². The van der Waals surface area contributed by atoms with Gasteiger partial charge >= 0.3 is 0 Å². The number of fused-ring (bicyclic) bond motifs is 6. The van der Waals surface area contributed by atoms with Crippen LogP contribution in [0.25, 0.3) is 0 Å². The summed E-state index contributed by atoms with van der Waals surface area (Å²) >= 11 is 0. The molecule has 0 aromatic heterocycles. The van der Waals surface area contributed by atoms with Crippen LogP contribution in [0, 0.1) is 6.92 Å². The maximum atomic E-state index is 2.70. The maximum Gasteiger partial charge on any atom is 0.252 e. The van der Waals surface area contributed by atoms with Crippen LogP contribution in [-0.4, -0.2) is 6.71 Å². The van der Waals surface area contributed by atoms with Crippen LogP contribution < -0.4 is 26.2 Å². The van der Waals surface area contributed by atoms with E-state index < -0.39 is 0 Å². The second-order valence-electron chi connectivity index (χ2n) is 25.8. The molecular formula is C59H75BN2. The largest absolute Gasteiger partial charge is 0.311 e. The molecule has 2 heterocycles. The number of anilines is 6. The number of benzene rings is 5. The van der Waals surface area contributed by atoms with E-state index >= 15 is 0 Å². The Morgan fingerprint density at radius 2 is 0.855 bits per heavy atom. The Bertz CT molecular complexity index is 2630. The smallest absolute Gasteiger partial charge is 0.252 e. The summed E-state index contributed by atoms with van der Waals surface area (Å²) in [5, 5.41) is 0. The highest BCUT2D eigenvalue weighted by molar-refractivity contribution is 7.00. The quantitative estimate of drug-likeness (QED) is 0.160. The van der Waals surface area contributed by atoms with Crippen molar-refractivity contribution in [1.29, 1.82) is 0 Å². The first-order chi connectivity index (χ1) is 28.5. The third-order valence-corrected chi connectivity index (χ3v) is 16.1. The molecule has 4 aliphatic rings. The zero-order chi connectivity index (χ0) is 45.1. The second-order valence-corrected chi connectivity index (χ2v) is 25.8. The molecule has 5 aromatic carbocycles. The van der Waals surface area contributed by atoms with Crippen LogP contribution in [-0.2, 0) is 37.9 Å². The summed E-state index contributed by atoms with van der Waals surface area (Å²) in [5.74, 6) is 0. The van der Waals surface area contributed by atoms with Crippen LogP contribution in [0.3, 0.4) is 0 Å². The van der Waals surface area contributed by atoms with Crippen molar-refractivity contribution >= 4 is 57.2 Å². The zero-order valence-electron chi connectivity index (χ0n) is 41.8. The van der Waals surface area contributed by atoms with Gasteiger partial charge in [0.25, 0.3) is 6.71 Å². The Morgan fingerprint density at radius 1 is 0.403 bits per heavy atom. The molecule has 0 bridgehead atoms. The first kappa shape index (κ1) is 43.0. The molecule has 2 aliphatic heterocycles. The van der Waals surface area contributed by atoms with E-state index in [1.807, 2.05) is 0 Å². The molecule has 0 saturated heterocycles. The van der Waals surface area contributed by atoms with E-state index in [0.717, 1.165) is 0 Å². The minimum Gasteiger partial charge on any atom is -0.311 e. The molecule has 0 N–H and O–H groups in total. The number of rotatable bonds is 2. The summed E-state index contributed by atoms with van der Waals surface area (Å²) < 4.78 is 0. The van der Waals surface area contributed by atoms with Gasteiger partial charge in [-0.3, -0.25) is 0 Å². The van der Waals surface area contributed by atoms with E-state index in [-0.39, 0.29) is 44.6 Å². The fourth-order valence-electron chi connectivity index (χ4n) is 11.5. The van der Waals surface area contributed by atoms with Gasteiger partial charge < -0.3 is 9.80 Å². The Kier molecular flexibility index (Phi) is 9.30. The predicted octanol–water partition coefficient (Wildman–Crippen LogP) is 14.7. The van der Waals surface area contributed by atoms with Gasteiger partial charge in [0.2, 0.25) is 0 Å². The molecule has 0 unspecified atom stereocenters. The van der Waals surface area contributed by atoms with Crippen molar-refractivity contribution in [3.8, 4) is 0 Å². The molecule has 0 spiro atoms. The molecule has 0 amide bonds. The van der Waals surface area contributed by atoms with Gasteiger partial charge in [-0.2, -0.15) is 0 Å². The molecule has 62 heavy (non-hydrogen) atoms. The summed E-state index contributed by atoms with van der Waals surface area (Å²) in [4.78, 5) is 5.36. The van der Waals surface area contributed by atoms with Gasteiger partial charge in [0, 0.05) is 34.1 Å². The first-order valence-corrected chi connectivity index (χ1v) is 23.9. The average Bonchev–Trinajstić information content (AvgIpc) is 3.16. The van der Waals surface area contributed by atoms with Crippen molar-refractivity contribution in [1.82, 2.24) is 0 Å². The summed E-state index contributed by atoms with van der Waals surface area (Å²) in [5.41, 5.74) is 23.9. The van der Waals surface area contributed by atoms with Gasteiger partial charge in [-0.1, -0.05) is 148 Å². The Balaban J connectivity index is 1.43. The first-order valence-electron chi connectivity index (χ1n) is 23.9. The predicted molar refractivity (Wildman–Crippen MR) is 272 cm³/mol. The molecule has 9 rings (SSSR count). The van der Waals surface area contributed by atoms with Crippen LogP contribution >= 0.6 is 0 Å². The third kappa shape index (κ3) is 6.72. The lowest BCUT2D eigenvalue weighted by Crippen LogP contribution is -2.62. The summed E-state index contributed by atoms with van der Waals surface area (Å²) in [7, 11) is 0.